The fraction of sp³-hybridized carbons (Fsp3) is 0.517. The minimum absolute atomic E-state index is 0.0425. The first-order valence-corrected chi connectivity index (χ1v) is 12.9. The molecule has 0 saturated heterocycles. The average Bonchev–Trinajstić information content (AvgIpc) is 3.21. The Hall–Kier alpha value is -2.74. The zero-order valence-electron chi connectivity index (χ0n) is 21.6. The van der Waals surface area contributed by atoms with Crippen LogP contribution in [0.3, 0.4) is 0 Å². The molecule has 0 bridgehead atoms. The van der Waals surface area contributed by atoms with Gasteiger partial charge in [0.1, 0.15) is 19.0 Å². The van der Waals surface area contributed by atoms with E-state index in [9.17, 15) is 15.0 Å². The van der Waals surface area contributed by atoms with Crippen molar-refractivity contribution in [1.82, 2.24) is 14.9 Å². The Balaban J connectivity index is 1.37. The number of carbonyl (C=O) groups is 1. The van der Waals surface area contributed by atoms with Gasteiger partial charge in [0.05, 0.1) is 23.2 Å². The number of aliphatic hydroxyl groups excluding tert-OH is 2. The number of benzene rings is 2. The number of imidazole rings is 1. The van der Waals surface area contributed by atoms with E-state index in [0.717, 1.165) is 35.3 Å². The third-order valence-corrected chi connectivity index (χ3v) is 7.69. The summed E-state index contributed by atoms with van der Waals surface area (Å²) in [5.74, 6) is 0.692. The summed E-state index contributed by atoms with van der Waals surface area (Å²) >= 11 is 0. The van der Waals surface area contributed by atoms with Gasteiger partial charge < -0.3 is 24.8 Å². The molecule has 3 aromatic rings. The first kappa shape index (κ1) is 26.3. The first-order valence-electron chi connectivity index (χ1n) is 12.9. The van der Waals surface area contributed by atoms with Gasteiger partial charge in [0.25, 0.3) is 0 Å². The van der Waals surface area contributed by atoms with Crippen LogP contribution in [-0.2, 0) is 23.2 Å². The Morgan fingerprint density at radius 3 is 2.64 bits per heavy atom. The predicted molar refractivity (Wildman–Crippen MR) is 140 cm³/mol. The summed E-state index contributed by atoms with van der Waals surface area (Å²) in [4.78, 5) is 17.3. The first-order chi connectivity index (χ1) is 17.3. The number of hydrogen-bond acceptors (Lipinski definition) is 5. The number of carbonyl (C=O) groups excluding carboxylic acids is 1. The fourth-order valence-corrected chi connectivity index (χ4v) is 5.38. The molecule has 1 amide bonds. The van der Waals surface area contributed by atoms with Crippen molar-refractivity contribution < 1.29 is 19.7 Å². The van der Waals surface area contributed by atoms with Gasteiger partial charge in [-0.3, -0.25) is 4.79 Å². The normalized spacial score (nSPS) is 27.2. The molecule has 1 aromatic heterocycles. The molecule has 7 nitrogen and oxygen atoms in total. The minimum Gasteiger partial charge on any atom is -0.390 e. The second-order valence-electron chi connectivity index (χ2n) is 10.8. The molecular weight excluding hydrogens is 454 g/mol. The molecule has 1 aliphatic carbocycles. The third-order valence-electron chi connectivity index (χ3n) is 7.69. The molecule has 3 N–H and O–H groups in total. The minimum atomic E-state index is -0.848. The predicted octanol–water partition coefficient (Wildman–Crippen LogP) is 3.93. The Kier molecular flexibility index (Phi) is 8.44. The number of rotatable bonds is 7. The molecule has 0 radical (unpaired) electrons. The smallest absolute Gasteiger partial charge is 0.246 e. The molecule has 1 fully saturated rings. The zero-order chi connectivity index (χ0) is 25.7. The number of para-hydroxylation sites is 2. The van der Waals surface area contributed by atoms with Crippen molar-refractivity contribution in [3.05, 3.63) is 66.0 Å². The Morgan fingerprint density at radius 1 is 1.17 bits per heavy atom. The lowest BCUT2D eigenvalue weighted by atomic mass is 9.73. The van der Waals surface area contributed by atoms with Crippen molar-refractivity contribution in [3.63, 3.8) is 0 Å². The maximum Gasteiger partial charge on any atom is 0.246 e. The molecule has 0 spiro atoms. The van der Waals surface area contributed by atoms with E-state index < -0.39 is 12.2 Å². The van der Waals surface area contributed by atoms with Crippen molar-refractivity contribution >= 4 is 16.9 Å². The number of nitrogens with one attached hydrogen (secondary N) is 1. The maximum atomic E-state index is 12.7. The van der Waals surface area contributed by atoms with Crippen LogP contribution < -0.4 is 5.32 Å². The molecule has 1 heterocycles. The number of ether oxygens (including phenoxy) is 1. The molecule has 1 saturated carbocycles. The van der Waals surface area contributed by atoms with E-state index in [1.807, 2.05) is 66.2 Å². The van der Waals surface area contributed by atoms with Crippen LogP contribution in [-0.4, -0.2) is 51.0 Å². The van der Waals surface area contributed by atoms with Gasteiger partial charge in [0.15, 0.2) is 0 Å². The molecule has 1 aliphatic rings. The van der Waals surface area contributed by atoms with Crippen LogP contribution in [0.4, 0.5) is 0 Å². The highest BCUT2D eigenvalue weighted by atomic mass is 16.5. The lowest BCUT2D eigenvalue weighted by Crippen LogP contribution is -2.40. The van der Waals surface area contributed by atoms with E-state index in [0.29, 0.717) is 19.4 Å². The zero-order valence-corrected chi connectivity index (χ0v) is 21.6. The van der Waals surface area contributed by atoms with Crippen LogP contribution >= 0.6 is 0 Å². The molecule has 7 heteroatoms. The summed E-state index contributed by atoms with van der Waals surface area (Å²) in [6.07, 6.45) is 1.46. The highest BCUT2D eigenvalue weighted by Gasteiger charge is 2.37. The van der Waals surface area contributed by atoms with Gasteiger partial charge in [-0.1, -0.05) is 62.7 Å². The summed E-state index contributed by atoms with van der Waals surface area (Å²) in [6.45, 7) is 4.99. The van der Waals surface area contributed by atoms with E-state index in [4.69, 9.17) is 4.74 Å². The van der Waals surface area contributed by atoms with Crippen LogP contribution in [0.25, 0.3) is 11.0 Å². The lowest BCUT2D eigenvalue weighted by Gasteiger charge is -2.36. The van der Waals surface area contributed by atoms with Crippen molar-refractivity contribution in [2.45, 2.75) is 64.3 Å². The topological polar surface area (TPSA) is 96.6 Å². The van der Waals surface area contributed by atoms with Crippen LogP contribution in [0.5, 0.6) is 0 Å². The number of aromatic nitrogens is 2. The van der Waals surface area contributed by atoms with E-state index in [1.54, 1.807) is 0 Å². The Morgan fingerprint density at radius 2 is 1.89 bits per heavy atom. The molecule has 36 heavy (non-hydrogen) atoms. The maximum absolute atomic E-state index is 12.7. The van der Waals surface area contributed by atoms with Crippen molar-refractivity contribution in [2.75, 3.05) is 13.2 Å². The third kappa shape index (κ3) is 6.33. The molecule has 2 aromatic carbocycles. The van der Waals surface area contributed by atoms with E-state index in [2.05, 4.69) is 24.1 Å². The number of nitrogens with zero attached hydrogens (tertiary/aromatic N) is 2. The second kappa shape index (κ2) is 11.5. The van der Waals surface area contributed by atoms with E-state index in [1.165, 1.54) is 0 Å². The Labute approximate surface area is 213 Å². The quantitative estimate of drug-likeness (QED) is 0.464. The molecule has 5 atom stereocenters. The fourth-order valence-electron chi connectivity index (χ4n) is 5.38. The van der Waals surface area contributed by atoms with Crippen molar-refractivity contribution in [3.8, 4) is 0 Å². The molecule has 0 unspecified atom stereocenters. The molecule has 4 rings (SSSR count). The summed E-state index contributed by atoms with van der Waals surface area (Å²) in [7, 11) is 1.95. The van der Waals surface area contributed by atoms with Gasteiger partial charge in [-0.15, -0.1) is 0 Å². The monoisotopic (exact) mass is 493 g/mol. The number of hydrogen-bond donors (Lipinski definition) is 3. The van der Waals surface area contributed by atoms with Crippen LogP contribution in [0.15, 0.2) is 54.6 Å². The van der Waals surface area contributed by atoms with Crippen molar-refractivity contribution in [2.24, 2.45) is 18.4 Å². The van der Waals surface area contributed by atoms with Gasteiger partial charge in [-0.2, -0.15) is 0 Å². The summed E-state index contributed by atoms with van der Waals surface area (Å²) < 4.78 is 7.68. The summed E-state index contributed by atoms with van der Waals surface area (Å²) in [5.41, 5.74) is 2.73. The van der Waals surface area contributed by atoms with E-state index >= 15 is 0 Å². The summed E-state index contributed by atoms with van der Waals surface area (Å²) in [6, 6.07) is 17.8. The SMILES string of the molecule is C[C@@H]1CC[C@](C)(CNC(=O)COCc2nc3ccccc3n2C)C[C@H](c2ccccc2)[C@@H](O)[C@@H](O)C1. The van der Waals surface area contributed by atoms with Crippen molar-refractivity contribution in [1.29, 1.82) is 0 Å². The lowest BCUT2D eigenvalue weighted by molar-refractivity contribution is -0.126. The number of aryl methyl sites for hydroxylation is 1. The summed E-state index contributed by atoms with van der Waals surface area (Å²) in [5, 5.41) is 24.9. The van der Waals surface area contributed by atoms with Crippen LogP contribution in [0.1, 0.15) is 56.8 Å². The second-order valence-corrected chi connectivity index (χ2v) is 10.8. The molecular formula is C29H39N3O4. The average molecular weight is 494 g/mol. The van der Waals surface area contributed by atoms with Crippen LogP contribution in [0.2, 0.25) is 0 Å². The number of aliphatic hydroxyl groups is 2. The van der Waals surface area contributed by atoms with Gasteiger partial charge >= 0.3 is 0 Å². The highest BCUT2D eigenvalue weighted by Crippen LogP contribution is 2.41. The van der Waals surface area contributed by atoms with E-state index in [-0.39, 0.29) is 36.4 Å². The van der Waals surface area contributed by atoms with Gasteiger partial charge in [0, 0.05) is 19.5 Å². The standard InChI is InChI=1S/C29H39N3O4/c1-20-13-14-29(2,16-22(28(35)25(33)15-20)21-9-5-4-6-10-21)19-30-27(34)18-36-17-26-31-23-11-7-8-12-24(23)32(26)3/h4-12,20,22,25,28,33,35H,13-19H2,1-3H3,(H,30,34)/t20-,22-,25+,28-,29+/m1/s1. The van der Waals surface area contributed by atoms with Crippen LogP contribution in [0, 0.1) is 11.3 Å². The number of fused-ring (bicyclic) bond motifs is 1. The highest BCUT2D eigenvalue weighted by molar-refractivity contribution is 5.77. The van der Waals surface area contributed by atoms with Gasteiger partial charge in [-0.05, 0) is 48.3 Å². The Bertz CT molecular complexity index is 1150. The number of amides is 1. The largest absolute Gasteiger partial charge is 0.390 e. The van der Waals surface area contributed by atoms with Gasteiger partial charge in [0.2, 0.25) is 5.91 Å². The molecule has 194 valence electrons. The van der Waals surface area contributed by atoms with Gasteiger partial charge in [-0.25, -0.2) is 4.98 Å². The molecule has 0 aliphatic heterocycles.